The van der Waals surface area contributed by atoms with Crippen LogP contribution in [0.25, 0.3) is 16.7 Å². The lowest BCUT2D eigenvalue weighted by Gasteiger charge is -2.27. The van der Waals surface area contributed by atoms with E-state index in [1.807, 2.05) is 22.9 Å². The summed E-state index contributed by atoms with van der Waals surface area (Å²) in [6.45, 7) is 2.25. The first-order chi connectivity index (χ1) is 13.7. The molecule has 0 amide bonds. The van der Waals surface area contributed by atoms with Gasteiger partial charge in [-0.05, 0) is 62.3 Å². The second-order valence-electron chi connectivity index (χ2n) is 7.84. The lowest BCUT2D eigenvalue weighted by Crippen LogP contribution is -2.14. The Morgan fingerprint density at radius 1 is 1.18 bits per heavy atom. The molecule has 0 aliphatic heterocycles. The van der Waals surface area contributed by atoms with E-state index in [1.54, 1.807) is 11.9 Å². The molecule has 4 heterocycles. The van der Waals surface area contributed by atoms with E-state index in [4.69, 9.17) is 5.73 Å². The van der Waals surface area contributed by atoms with Crippen LogP contribution in [0.1, 0.15) is 37.8 Å². The largest absolute Gasteiger partial charge is 0.383 e. The number of anilines is 1. The number of nitrogens with two attached hydrogens (primary N) is 1. The molecule has 6 nitrogen and oxygen atoms in total. The van der Waals surface area contributed by atoms with Crippen molar-refractivity contribution < 1.29 is 0 Å². The molecule has 0 saturated heterocycles. The van der Waals surface area contributed by atoms with E-state index in [0.717, 1.165) is 29.5 Å². The molecule has 1 aliphatic rings. The number of fused-ring (bicyclic) bond motifs is 2. The molecular weight excluding hydrogens is 348 g/mol. The van der Waals surface area contributed by atoms with Crippen molar-refractivity contribution in [3.63, 3.8) is 0 Å². The van der Waals surface area contributed by atoms with E-state index in [0.29, 0.717) is 17.8 Å². The SMILES string of the molecule is CC(CCC1C=C(Cc2ccn3ccnc3c2)C1)n1ccc2c(N)ncnc21. The molecular formula is C22H24N6. The number of nitrogens with zero attached hydrogens (tertiary/aromatic N) is 5. The third-order valence-electron chi connectivity index (χ3n) is 5.86. The maximum absolute atomic E-state index is 5.95. The van der Waals surface area contributed by atoms with Gasteiger partial charge >= 0.3 is 0 Å². The molecule has 5 rings (SSSR count). The summed E-state index contributed by atoms with van der Waals surface area (Å²) in [5.74, 6) is 1.24. The summed E-state index contributed by atoms with van der Waals surface area (Å²) in [5.41, 5.74) is 10.8. The van der Waals surface area contributed by atoms with Crippen LogP contribution in [0.5, 0.6) is 0 Å². The Labute approximate surface area is 163 Å². The third-order valence-corrected chi connectivity index (χ3v) is 5.86. The molecule has 0 aromatic carbocycles. The number of imidazole rings is 1. The quantitative estimate of drug-likeness (QED) is 0.515. The zero-order valence-corrected chi connectivity index (χ0v) is 16.0. The average molecular weight is 372 g/mol. The van der Waals surface area contributed by atoms with Crippen molar-refractivity contribution in [1.82, 2.24) is 23.9 Å². The van der Waals surface area contributed by atoms with Gasteiger partial charge in [0.05, 0.1) is 5.39 Å². The topological polar surface area (TPSA) is 74.0 Å². The molecule has 0 saturated carbocycles. The molecule has 0 bridgehead atoms. The fourth-order valence-corrected chi connectivity index (χ4v) is 4.22. The minimum absolute atomic E-state index is 0.395. The van der Waals surface area contributed by atoms with Gasteiger partial charge in [-0.3, -0.25) is 0 Å². The van der Waals surface area contributed by atoms with Crippen LogP contribution in [0, 0.1) is 5.92 Å². The van der Waals surface area contributed by atoms with Gasteiger partial charge in [0.2, 0.25) is 0 Å². The van der Waals surface area contributed by atoms with Gasteiger partial charge in [-0.2, -0.15) is 0 Å². The highest BCUT2D eigenvalue weighted by Crippen LogP contribution is 2.34. The molecule has 2 atom stereocenters. The highest BCUT2D eigenvalue weighted by Gasteiger charge is 2.21. The zero-order chi connectivity index (χ0) is 19.1. The Hall–Kier alpha value is -3.15. The van der Waals surface area contributed by atoms with Crippen molar-refractivity contribution in [2.45, 2.75) is 38.6 Å². The van der Waals surface area contributed by atoms with Crippen LogP contribution in [0.4, 0.5) is 5.82 Å². The molecule has 6 heteroatoms. The normalized spacial score (nSPS) is 17.6. The van der Waals surface area contributed by atoms with Crippen LogP contribution in [0.3, 0.4) is 0 Å². The first-order valence-electron chi connectivity index (χ1n) is 9.85. The maximum atomic E-state index is 5.95. The van der Waals surface area contributed by atoms with E-state index < -0.39 is 0 Å². The Morgan fingerprint density at radius 3 is 2.96 bits per heavy atom. The minimum atomic E-state index is 0.395. The van der Waals surface area contributed by atoms with Gasteiger partial charge < -0.3 is 14.7 Å². The molecule has 4 aromatic rings. The minimum Gasteiger partial charge on any atom is -0.383 e. The van der Waals surface area contributed by atoms with Crippen molar-refractivity contribution >= 4 is 22.5 Å². The highest BCUT2D eigenvalue weighted by atomic mass is 15.1. The molecule has 0 spiro atoms. The summed E-state index contributed by atoms with van der Waals surface area (Å²) in [7, 11) is 0. The molecule has 2 N–H and O–H groups in total. The van der Waals surface area contributed by atoms with Gasteiger partial charge in [0.1, 0.15) is 23.4 Å². The van der Waals surface area contributed by atoms with Crippen molar-refractivity contribution in [2.75, 3.05) is 5.73 Å². The monoisotopic (exact) mass is 372 g/mol. The standard InChI is InChI=1S/C22H24N6/c1-15(28-8-5-19-21(23)25-14-26-22(19)28)2-3-16-10-18(11-16)12-17-4-7-27-9-6-24-20(27)13-17/h4-10,13-16H,2-3,11-12H2,1H3,(H2,23,25,26). The predicted molar refractivity (Wildman–Crippen MR) is 111 cm³/mol. The summed E-state index contributed by atoms with van der Waals surface area (Å²) < 4.78 is 4.27. The van der Waals surface area contributed by atoms with Crippen LogP contribution in [0.15, 0.2) is 61.0 Å². The van der Waals surface area contributed by atoms with Crippen LogP contribution < -0.4 is 5.73 Å². The molecule has 2 unspecified atom stereocenters. The van der Waals surface area contributed by atoms with Crippen molar-refractivity contribution in [3.8, 4) is 0 Å². The lowest BCUT2D eigenvalue weighted by atomic mass is 9.80. The molecule has 0 fully saturated rings. The van der Waals surface area contributed by atoms with Crippen molar-refractivity contribution in [3.05, 3.63) is 66.5 Å². The number of rotatable bonds is 6. The lowest BCUT2D eigenvalue weighted by molar-refractivity contribution is 0.426. The zero-order valence-electron chi connectivity index (χ0n) is 16.0. The fraction of sp³-hybridized carbons (Fsp3) is 0.318. The second kappa shape index (κ2) is 6.78. The van der Waals surface area contributed by atoms with Crippen molar-refractivity contribution in [2.24, 2.45) is 5.92 Å². The summed E-state index contributed by atoms with van der Waals surface area (Å²) in [6, 6.07) is 6.78. The Balaban J connectivity index is 1.19. The van der Waals surface area contributed by atoms with E-state index in [9.17, 15) is 0 Å². The number of allylic oxidation sites excluding steroid dienone is 2. The third kappa shape index (κ3) is 3.05. The smallest absolute Gasteiger partial charge is 0.145 e. The molecule has 0 radical (unpaired) electrons. The molecule has 1 aliphatic carbocycles. The summed E-state index contributed by atoms with van der Waals surface area (Å²) in [5, 5.41) is 0.939. The van der Waals surface area contributed by atoms with Crippen LogP contribution >= 0.6 is 0 Å². The number of aromatic nitrogens is 5. The second-order valence-corrected chi connectivity index (χ2v) is 7.84. The summed E-state index contributed by atoms with van der Waals surface area (Å²) >= 11 is 0. The van der Waals surface area contributed by atoms with Gasteiger partial charge in [-0.1, -0.05) is 11.6 Å². The van der Waals surface area contributed by atoms with Gasteiger partial charge in [-0.25, -0.2) is 15.0 Å². The van der Waals surface area contributed by atoms with Crippen molar-refractivity contribution in [1.29, 1.82) is 0 Å². The fourth-order valence-electron chi connectivity index (χ4n) is 4.22. The predicted octanol–water partition coefficient (Wildman–Crippen LogP) is 4.19. The Morgan fingerprint density at radius 2 is 2.07 bits per heavy atom. The molecule has 4 aromatic heterocycles. The Kier molecular flexibility index (Phi) is 4.11. The summed E-state index contributed by atoms with van der Waals surface area (Å²) in [4.78, 5) is 12.9. The number of nitrogen functional groups attached to an aromatic ring is 1. The average Bonchev–Trinajstić information content (AvgIpc) is 3.30. The van der Waals surface area contributed by atoms with Crippen LogP contribution in [0.2, 0.25) is 0 Å². The van der Waals surface area contributed by atoms with E-state index >= 15 is 0 Å². The first-order valence-corrected chi connectivity index (χ1v) is 9.85. The van der Waals surface area contributed by atoms with Gasteiger partial charge in [0.15, 0.2) is 0 Å². The first kappa shape index (κ1) is 17.0. The van der Waals surface area contributed by atoms with Crippen LogP contribution in [-0.2, 0) is 6.42 Å². The molecule has 142 valence electrons. The van der Waals surface area contributed by atoms with E-state index in [1.165, 1.54) is 18.4 Å². The van der Waals surface area contributed by atoms with Crippen LogP contribution in [-0.4, -0.2) is 23.9 Å². The number of pyridine rings is 1. The van der Waals surface area contributed by atoms with E-state index in [-0.39, 0.29) is 0 Å². The molecule has 28 heavy (non-hydrogen) atoms. The summed E-state index contributed by atoms with van der Waals surface area (Å²) in [6.07, 6.45) is 16.6. The van der Waals surface area contributed by atoms with E-state index in [2.05, 4.69) is 57.0 Å². The van der Waals surface area contributed by atoms with Gasteiger partial charge in [0, 0.05) is 30.8 Å². The maximum Gasteiger partial charge on any atom is 0.145 e. The highest BCUT2D eigenvalue weighted by molar-refractivity contribution is 5.86. The Bertz CT molecular complexity index is 1170. The number of hydrogen-bond donors (Lipinski definition) is 1. The van der Waals surface area contributed by atoms with Gasteiger partial charge in [-0.15, -0.1) is 0 Å². The van der Waals surface area contributed by atoms with Gasteiger partial charge in [0.25, 0.3) is 0 Å². The number of hydrogen-bond acceptors (Lipinski definition) is 4.